The molecule has 0 atom stereocenters. The largest absolute Gasteiger partial charge is 0.492 e. The molecule has 24 heavy (non-hydrogen) atoms. The molecule has 0 amide bonds. The first kappa shape index (κ1) is 17.5. The molecule has 0 radical (unpaired) electrons. The van der Waals surface area contributed by atoms with E-state index in [1.165, 1.54) is 38.4 Å². The van der Waals surface area contributed by atoms with Gasteiger partial charge in [0.1, 0.15) is 12.4 Å². The van der Waals surface area contributed by atoms with Crippen LogP contribution in [0.25, 0.3) is 0 Å². The minimum absolute atomic E-state index is 0.778. The van der Waals surface area contributed by atoms with Crippen molar-refractivity contribution in [2.45, 2.75) is 6.92 Å². The molecule has 1 aromatic rings. The van der Waals surface area contributed by atoms with Crippen molar-refractivity contribution in [3.63, 3.8) is 0 Å². The zero-order valence-corrected chi connectivity index (χ0v) is 15.3. The van der Waals surface area contributed by atoms with Crippen molar-refractivity contribution in [2.24, 2.45) is 0 Å². The number of anilines is 1. The van der Waals surface area contributed by atoms with E-state index in [4.69, 9.17) is 4.74 Å². The van der Waals surface area contributed by atoms with Gasteiger partial charge in [-0.3, -0.25) is 4.90 Å². The van der Waals surface area contributed by atoms with Crippen LogP contribution in [0.2, 0.25) is 0 Å². The Labute approximate surface area is 146 Å². The maximum Gasteiger partial charge on any atom is 0.119 e. The van der Waals surface area contributed by atoms with Crippen molar-refractivity contribution in [1.82, 2.24) is 14.7 Å². The van der Waals surface area contributed by atoms with Gasteiger partial charge in [0.15, 0.2) is 0 Å². The summed E-state index contributed by atoms with van der Waals surface area (Å²) in [5.41, 5.74) is 1.31. The smallest absolute Gasteiger partial charge is 0.119 e. The minimum Gasteiger partial charge on any atom is -0.492 e. The molecule has 0 unspecified atom stereocenters. The Hall–Kier alpha value is -1.30. The molecule has 2 saturated heterocycles. The zero-order chi connectivity index (χ0) is 16.8. The first-order valence-corrected chi connectivity index (χ1v) is 9.35. The number of nitrogens with zero attached hydrogens (tertiary/aromatic N) is 4. The topological polar surface area (TPSA) is 22.2 Å². The molecule has 0 spiro atoms. The average molecular weight is 332 g/mol. The van der Waals surface area contributed by atoms with Crippen molar-refractivity contribution in [3.05, 3.63) is 24.3 Å². The van der Waals surface area contributed by atoms with Crippen molar-refractivity contribution >= 4 is 5.69 Å². The highest BCUT2D eigenvalue weighted by Crippen LogP contribution is 2.20. The van der Waals surface area contributed by atoms with Gasteiger partial charge in [-0.1, -0.05) is 6.92 Å². The molecule has 2 fully saturated rings. The number of rotatable bonds is 6. The Kier molecular flexibility index (Phi) is 6.35. The van der Waals surface area contributed by atoms with Crippen molar-refractivity contribution in [1.29, 1.82) is 0 Å². The summed E-state index contributed by atoms with van der Waals surface area (Å²) in [6, 6.07) is 8.62. The third-order valence-electron chi connectivity index (χ3n) is 5.29. The molecule has 2 aliphatic rings. The van der Waals surface area contributed by atoms with Crippen LogP contribution in [0.15, 0.2) is 24.3 Å². The van der Waals surface area contributed by atoms with E-state index in [0.717, 1.165) is 45.1 Å². The van der Waals surface area contributed by atoms with E-state index in [0.29, 0.717) is 0 Å². The lowest BCUT2D eigenvalue weighted by atomic mass is 10.2. The summed E-state index contributed by atoms with van der Waals surface area (Å²) in [4.78, 5) is 9.85. The number of hydrogen-bond acceptors (Lipinski definition) is 5. The Bertz CT molecular complexity index is 477. The van der Waals surface area contributed by atoms with Gasteiger partial charge in [-0.2, -0.15) is 0 Å². The molecule has 0 aromatic heterocycles. The first-order chi connectivity index (χ1) is 11.7. The normalized spacial score (nSPS) is 21.2. The summed E-state index contributed by atoms with van der Waals surface area (Å²) in [7, 11) is 2.19. The van der Waals surface area contributed by atoms with Gasteiger partial charge in [0, 0.05) is 64.6 Å². The maximum atomic E-state index is 5.94. The summed E-state index contributed by atoms with van der Waals surface area (Å²) in [6.45, 7) is 14.4. The molecule has 0 aliphatic carbocycles. The predicted molar refractivity (Wildman–Crippen MR) is 100 cm³/mol. The van der Waals surface area contributed by atoms with Gasteiger partial charge < -0.3 is 19.4 Å². The summed E-state index contributed by atoms with van der Waals surface area (Å²) in [5, 5.41) is 0. The number of hydrogen-bond donors (Lipinski definition) is 0. The van der Waals surface area contributed by atoms with Gasteiger partial charge >= 0.3 is 0 Å². The van der Waals surface area contributed by atoms with Gasteiger partial charge in [0.25, 0.3) is 0 Å². The van der Waals surface area contributed by atoms with Crippen LogP contribution in [0, 0.1) is 0 Å². The number of benzene rings is 1. The van der Waals surface area contributed by atoms with Crippen LogP contribution < -0.4 is 9.64 Å². The molecule has 0 saturated carbocycles. The second-order valence-corrected chi connectivity index (χ2v) is 6.91. The standard InChI is InChI=1S/C19H32N4O/c1-3-21-10-12-22(13-11-21)16-17-24-19-6-4-18(5-7-19)23-14-8-20(2)9-15-23/h4-7H,3,8-17H2,1-2H3. The van der Waals surface area contributed by atoms with E-state index < -0.39 is 0 Å². The molecule has 5 nitrogen and oxygen atoms in total. The van der Waals surface area contributed by atoms with Crippen LogP contribution in [-0.4, -0.2) is 93.8 Å². The number of ether oxygens (including phenoxy) is 1. The fraction of sp³-hybridized carbons (Fsp3) is 0.684. The van der Waals surface area contributed by atoms with E-state index in [2.05, 4.69) is 57.8 Å². The van der Waals surface area contributed by atoms with Crippen LogP contribution in [0.4, 0.5) is 5.69 Å². The molecule has 5 heteroatoms. The van der Waals surface area contributed by atoms with Crippen molar-refractivity contribution < 1.29 is 4.74 Å². The zero-order valence-electron chi connectivity index (χ0n) is 15.3. The SMILES string of the molecule is CCN1CCN(CCOc2ccc(N3CCN(C)CC3)cc2)CC1. The molecule has 2 aliphatic heterocycles. The summed E-state index contributed by atoms with van der Waals surface area (Å²) >= 11 is 0. The van der Waals surface area contributed by atoms with Crippen LogP contribution in [0.5, 0.6) is 5.75 Å². The second-order valence-electron chi connectivity index (χ2n) is 6.91. The highest BCUT2D eigenvalue weighted by atomic mass is 16.5. The molecule has 134 valence electrons. The predicted octanol–water partition coefficient (Wildman–Crippen LogP) is 1.45. The van der Waals surface area contributed by atoms with Crippen LogP contribution >= 0.6 is 0 Å². The monoisotopic (exact) mass is 332 g/mol. The summed E-state index contributed by atoms with van der Waals surface area (Å²) < 4.78 is 5.94. The summed E-state index contributed by atoms with van der Waals surface area (Å²) in [6.07, 6.45) is 0. The van der Waals surface area contributed by atoms with E-state index in [9.17, 15) is 0 Å². The Morgan fingerprint density at radius 1 is 0.833 bits per heavy atom. The third kappa shape index (κ3) is 4.85. The van der Waals surface area contributed by atoms with Gasteiger partial charge in [0.2, 0.25) is 0 Å². The van der Waals surface area contributed by atoms with E-state index >= 15 is 0 Å². The van der Waals surface area contributed by atoms with Crippen LogP contribution in [0.3, 0.4) is 0 Å². The number of likely N-dealkylation sites (N-methyl/N-ethyl adjacent to an activating group) is 2. The lowest BCUT2D eigenvalue weighted by Crippen LogP contribution is -2.47. The Balaban J connectivity index is 1.39. The van der Waals surface area contributed by atoms with E-state index in [-0.39, 0.29) is 0 Å². The minimum atomic E-state index is 0.778. The van der Waals surface area contributed by atoms with Crippen molar-refractivity contribution in [2.75, 3.05) is 84.0 Å². The van der Waals surface area contributed by atoms with E-state index in [1.807, 2.05) is 0 Å². The van der Waals surface area contributed by atoms with Crippen LogP contribution in [0.1, 0.15) is 6.92 Å². The van der Waals surface area contributed by atoms with Gasteiger partial charge in [-0.15, -0.1) is 0 Å². The summed E-state index contributed by atoms with van der Waals surface area (Å²) in [5.74, 6) is 0.986. The second kappa shape index (κ2) is 8.70. The van der Waals surface area contributed by atoms with Gasteiger partial charge in [0.05, 0.1) is 0 Å². The Morgan fingerprint density at radius 2 is 1.46 bits per heavy atom. The van der Waals surface area contributed by atoms with Gasteiger partial charge in [-0.05, 0) is 37.9 Å². The lowest BCUT2D eigenvalue weighted by molar-refractivity contribution is 0.121. The molecule has 2 heterocycles. The fourth-order valence-electron chi connectivity index (χ4n) is 3.44. The molecular weight excluding hydrogens is 300 g/mol. The van der Waals surface area contributed by atoms with E-state index in [1.54, 1.807) is 0 Å². The quantitative estimate of drug-likeness (QED) is 0.784. The molecular formula is C19H32N4O. The third-order valence-corrected chi connectivity index (χ3v) is 5.29. The molecule has 1 aromatic carbocycles. The molecule has 3 rings (SSSR count). The highest BCUT2D eigenvalue weighted by Gasteiger charge is 2.15. The van der Waals surface area contributed by atoms with Gasteiger partial charge in [-0.25, -0.2) is 0 Å². The molecule has 0 bridgehead atoms. The number of piperazine rings is 2. The van der Waals surface area contributed by atoms with Crippen LogP contribution in [-0.2, 0) is 0 Å². The molecule has 0 N–H and O–H groups in total. The highest BCUT2D eigenvalue weighted by molar-refractivity contribution is 5.49. The van der Waals surface area contributed by atoms with Crippen molar-refractivity contribution in [3.8, 4) is 5.75 Å². The Morgan fingerprint density at radius 3 is 2.08 bits per heavy atom. The lowest BCUT2D eigenvalue weighted by Gasteiger charge is -2.34. The maximum absolute atomic E-state index is 5.94. The fourth-order valence-corrected chi connectivity index (χ4v) is 3.44. The average Bonchev–Trinajstić information content (AvgIpc) is 2.64. The first-order valence-electron chi connectivity index (χ1n) is 9.35.